The third-order valence-electron chi connectivity index (χ3n) is 0. The molecule has 0 saturated heterocycles. The van der Waals surface area contributed by atoms with Crippen LogP contribution < -0.4 is 28.2 Å². The fourth-order valence-corrected chi connectivity index (χ4v) is 0. The van der Waals surface area contributed by atoms with Crippen LogP contribution in [0.1, 0.15) is 0 Å². The standard InChI is InChI=1S/6FH.2Fe/h6*1H;;/q;;;;;;2*+2/p-6. The topological polar surface area (TPSA) is 0 Å². The van der Waals surface area contributed by atoms with E-state index >= 15 is 0 Å². The summed E-state index contributed by atoms with van der Waals surface area (Å²) >= 11 is 0. The molecule has 0 rings (SSSR count). The largest absolute Gasteiger partial charge is 2.00 e. The second kappa shape index (κ2) is 871. The fraction of sp³-hybridized carbons (Fsp3) is 0. The summed E-state index contributed by atoms with van der Waals surface area (Å²) in [6.45, 7) is 0. The molecule has 0 atom stereocenters. The van der Waals surface area contributed by atoms with Crippen LogP contribution in [0.2, 0.25) is 0 Å². The van der Waals surface area contributed by atoms with Crippen molar-refractivity contribution in [1.29, 1.82) is 0 Å². The van der Waals surface area contributed by atoms with Gasteiger partial charge in [0.05, 0.1) is 0 Å². The molecule has 0 N–H and O–H groups in total. The van der Waals surface area contributed by atoms with Crippen LogP contribution in [0.3, 0.4) is 0 Å². The molecule has 0 spiro atoms. The summed E-state index contributed by atoms with van der Waals surface area (Å²) in [6.07, 6.45) is 0. The second-order valence-corrected chi connectivity index (χ2v) is 0. The maximum Gasteiger partial charge on any atom is 2.00 e. The van der Waals surface area contributed by atoms with Crippen molar-refractivity contribution in [2.75, 3.05) is 0 Å². The van der Waals surface area contributed by atoms with E-state index in [4.69, 9.17) is 0 Å². The summed E-state index contributed by atoms with van der Waals surface area (Å²) in [5, 5.41) is 0. The van der Waals surface area contributed by atoms with Gasteiger partial charge < -0.3 is 28.2 Å². The van der Waals surface area contributed by atoms with Crippen molar-refractivity contribution < 1.29 is 62.4 Å². The second-order valence-electron chi connectivity index (χ2n) is 0. The van der Waals surface area contributed by atoms with Gasteiger partial charge in [-0.1, -0.05) is 0 Å². The van der Waals surface area contributed by atoms with Crippen LogP contribution >= 0.6 is 0 Å². The maximum absolute atomic E-state index is 0. The summed E-state index contributed by atoms with van der Waals surface area (Å²) in [5.74, 6) is 0. The van der Waals surface area contributed by atoms with E-state index in [0.717, 1.165) is 0 Å². The Morgan fingerprint density at radius 2 is 0.250 bits per heavy atom. The van der Waals surface area contributed by atoms with E-state index in [1.165, 1.54) is 0 Å². The molecule has 0 unspecified atom stereocenters. The van der Waals surface area contributed by atoms with Gasteiger partial charge in [0.2, 0.25) is 0 Å². The Morgan fingerprint density at radius 3 is 0.250 bits per heavy atom. The Morgan fingerprint density at radius 1 is 0.250 bits per heavy atom. The molecule has 0 aromatic heterocycles. The molecule has 0 bridgehead atoms. The Balaban J connectivity index is 0. The number of halogens is 6. The molecule has 0 aromatic rings. The van der Waals surface area contributed by atoms with Crippen LogP contribution in [0.5, 0.6) is 0 Å². The van der Waals surface area contributed by atoms with Crippen molar-refractivity contribution >= 4 is 0 Å². The van der Waals surface area contributed by atoms with Crippen molar-refractivity contribution in [1.82, 2.24) is 0 Å². The first-order valence-electron chi connectivity index (χ1n) is 0. The van der Waals surface area contributed by atoms with Crippen LogP contribution in [-0.2, 0) is 34.1 Å². The predicted molar refractivity (Wildman–Crippen MR) is 0 cm³/mol. The molecule has 0 saturated carbocycles. The molecule has 0 aromatic carbocycles. The third-order valence-corrected chi connectivity index (χ3v) is 0. The van der Waals surface area contributed by atoms with E-state index in [-0.39, 0.29) is 62.4 Å². The number of rotatable bonds is 0. The van der Waals surface area contributed by atoms with Gasteiger partial charge in [0.1, 0.15) is 0 Å². The number of hydrogen-bond acceptors (Lipinski definition) is 0. The van der Waals surface area contributed by atoms with E-state index in [9.17, 15) is 0 Å². The van der Waals surface area contributed by atoms with Gasteiger partial charge in [-0.2, -0.15) is 0 Å². The molecular weight excluding hydrogens is 226 g/mol. The van der Waals surface area contributed by atoms with Gasteiger partial charge in [-0.25, -0.2) is 0 Å². The van der Waals surface area contributed by atoms with E-state index in [1.807, 2.05) is 0 Å². The summed E-state index contributed by atoms with van der Waals surface area (Å²) in [5.41, 5.74) is 0. The molecule has 0 aliphatic carbocycles. The smallest absolute Gasteiger partial charge is 1.00 e. The molecule has 0 aliphatic rings. The minimum Gasteiger partial charge on any atom is -1.00 e. The minimum absolute atomic E-state index is 0. The van der Waals surface area contributed by atoms with Crippen molar-refractivity contribution in [3.63, 3.8) is 0 Å². The first kappa shape index (κ1) is 1310. The van der Waals surface area contributed by atoms with Crippen LogP contribution in [0.15, 0.2) is 0 Å². The summed E-state index contributed by atoms with van der Waals surface area (Å²) in [7, 11) is 0. The monoisotopic (exact) mass is 226 g/mol. The SMILES string of the molecule is [F-].[F-].[F-].[F-].[F-].[F-].[Fe+2].[Fe+2]. The maximum atomic E-state index is 0. The van der Waals surface area contributed by atoms with E-state index in [2.05, 4.69) is 0 Å². The molecule has 0 nitrogen and oxygen atoms in total. The van der Waals surface area contributed by atoms with E-state index in [0.29, 0.717) is 0 Å². The van der Waals surface area contributed by atoms with Crippen molar-refractivity contribution in [2.45, 2.75) is 0 Å². The minimum atomic E-state index is 0. The van der Waals surface area contributed by atoms with Gasteiger partial charge in [-0.15, -0.1) is 0 Å². The number of hydrogen-bond donors (Lipinski definition) is 0. The van der Waals surface area contributed by atoms with Gasteiger partial charge in [-0.05, 0) is 0 Å². The Hall–Kier alpha value is 0.619. The molecule has 0 radical (unpaired) electrons. The normalized spacial score (nSPS) is 0. The molecule has 0 heterocycles. The molecule has 8 heavy (non-hydrogen) atoms. The zero-order chi connectivity index (χ0) is 0. The fourth-order valence-electron chi connectivity index (χ4n) is 0. The van der Waals surface area contributed by atoms with Crippen LogP contribution in [-0.4, -0.2) is 0 Å². The van der Waals surface area contributed by atoms with E-state index < -0.39 is 0 Å². The summed E-state index contributed by atoms with van der Waals surface area (Å²) in [6, 6.07) is 0. The first-order valence-corrected chi connectivity index (χ1v) is 0. The summed E-state index contributed by atoms with van der Waals surface area (Å²) in [4.78, 5) is 0. The third kappa shape index (κ3) is 545. The predicted octanol–water partition coefficient (Wildman–Crippen LogP) is -18.0. The van der Waals surface area contributed by atoms with Crippen molar-refractivity contribution in [3.8, 4) is 0 Å². The molecule has 0 fully saturated rings. The van der Waals surface area contributed by atoms with E-state index in [1.54, 1.807) is 0 Å². The Kier molecular flexibility index (Phi) is 142000. The zero-order valence-electron chi connectivity index (χ0n) is 2.97. The molecule has 0 aliphatic heterocycles. The van der Waals surface area contributed by atoms with Crippen LogP contribution in [0, 0.1) is 0 Å². The Labute approximate surface area is 62.9 Å². The van der Waals surface area contributed by atoms with Gasteiger partial charge in [0.25, 0.3) is 0 Å². The Bertz CT molecular complexity index is 6.49. The van der Waals surface area contributed by atoms with Crippen LogP contribution in [0.4, 0.5) is 0 Å². The first-order chi connectivity index (χ1) is 0. The van der Waals surface area contributed by atoms with Gasteiger partial charge >= 0.3 is 34.1 Å². The van der Waals surface area contributed by atoms with Crippen LogP contribution in [0.25, 0.3) is 0 Å². The van der Waals surface area contributed by atoms with Gasteiger partial charge in [0, 0.05) is 0 Å². The van der Waals surface area contributed by atoms with Crippen molar-refractivity contribution in [3.05, 3.63) is 0 Å². The molecular formula is F6Fe2-2. The molecule has 8 heteroatoms. The molecule has 0 amide bonds. The average molecular weight is 226 g/mol. The summed E-state index contributed by atoms with van der Waals surface area (Å²) < 4.78 is 0. The molecule has 60 valence electrons. The zero-order valence-corrected chi connectivity index (χ0v) is 5.18. The van der Waals surface area contributed by atoms with Gasteiger partial charge in [-0.3, -0.25) is 0 Å². The average Bonchev–Trinajstić information content (AvgIpc) is 0. The van der Waals surface area contributed by atoms with Gasteiger partial charge in [0.15, 0.2) is 0 Å². The quantitative estimate of drug-likeness (QED) is 0.284. The van der Waals surface area contributed by atoms with Crippen molar-refractivity contribution in [2.24, 2.45) is 0 Å².